The molecule has 1 aromatic carbocycles. The molecule has 1 atom stereocenters. The molecule has 0 aliphatic carbocycles. The number of rotatable bonds is 3. The number of imidazole rings is 1. The minimum absolute atomic E-state index is 0. The number of halogens is 4. The maximum atomic E-state index is 13.2. The highest BCUT2D eigenvalue weighted by atomic mass is 35.5. The first-order valence-corrected chi connectivity index (χ1v) is 7.46. The summed E-state index contributed by atoms with van der Waals surface area (Å²) in [6.07, 6.45) is 1.06. The number of carbonyl (C=O) groups excluding carboxylic acids is 1. The van der Waals surface area contributed by atoms with Crippen molar-refractivity contribution < 1.29 is 18.0 Å². The van der Waals surface area contributed by atoms with E-state index in [0.29, 0.717) is 28.3 Å². The quantitative estimate of drug-likeness (QED) is 0.622. The molecule has 2 aromatic heterocycles. The second-order valence-electron chi connectivity index (χ2n) is 5.78. The van der Waals surface area contributed by atoms with Crippen LogP contribution in [0.1, 0.15) is 6.42 Å². The molecule has 1 amide bonds. The van der Waals surface area contributed by atoms with Gasteiger partial charge in [0.15, 0.2) is 11.6 Å². The smallest absolute Gasteiger partial charge is 0.262 e. The van der Waals surface area contributed by atoms with Crippen molar-refractivity contribution in [2.45, 2.75) is 18.4 Å². The van der Waals surface area contributed by atoms with E-state index < -0.39 is 30.8 Å². The van der Waals surface area contributed by atoms with Gasteiger partial charge in [-0.05, 0) is 30.3 Å². The maximum absolute atomic E-state index is 13.2. The molecule has 1 saturated heterocycles. The third-order valence-corrected chi connectivity index (χ3v) is 3.93. The summed E-state index contributed by atoms with van der Waals surface area (Å²) in [5.74, 6) is -2.13. The summed E-state index contributed by atoms with van der Waals surface area (Å²) in [7, 11) is 0. The third-order valence-electron chi connectivity index (χ3n) is 3.93. The number of alkyl halides is 2. The van der Waals surface area contributed by atoms with E-state index in [9.17, 15) is 13.6 Å². The van der Waals surface area contributed by atoms with Crippen molar-refractivity contribution in [2.24, 2.45) is 0 Å². The van der Waals surface area contributed by atoms with Gasteiger partial charge in [-0.2, -0.15) is 0 Å². The first-order valence-electron chi connectivity index (χ1n) is 7.46. The Hall–Kier alpha value is -2.16. The van der Waals surface area contributed by atoms with Gasteiger partial charge in [0, 0.05) is 12.1 Å². The van der Waals surface area contributed by atoms with Crippen LogP contribution in [0.2, 0.25) is 0 Å². The molecule has 3 N–H and O–H groups in total. The molecule has 4 rings (SSSR count). The number of carbonyl (C=O) groups is 1. The summed E-state index contributed by atoms with van der Waals surface area (Å²) in [5.41, 5.74) is 1.94. The lowest BCUT2D eigenvalue weighted by molar-refractivity contribution is -0.118. The summed E-state index contributed by atoms with van der Waals surface area (Å²) >= 11 is 0. The number of hydrogen-bond acceptors (Lipinski definition) is 4. The molecule has 140 valence electrons. The number of fused-ring (bicyclic) bond motifs is 1. The number of nitrogens with zero attached hydrogens (tertiary/aromatic N) is 1. The molecule has 3 aromatic rings. The third kappa shape index (κ3) is 3.98. The molecule has 0 bridgehead atoms. The number of aromatic amines is 1. The van der Waals surface area contributed by atoms with E-state index in [4.69, 9.17) is 4.42 Å². The Labute approximate surface area is 159 Å². The van der Waals surface area contributed by atoms with Crippen LogP contribution >= 0.6 is 24.8 Å². The van der Waals surface area contributed by atoms with Gasteiger partial charge in [-0.3, -0.25) is 10.1 Å². The highest BCUT2D eigenvalue weighted by molar-refractivity contribution is 5.96. The summed E-state index contributed by atoms with van der Waals surface area (Å²) in [4.78, 5) is 19.6. The molecular weight excluding hydrogens is 389 g/mol. The molecule has 3 heterocycles. The average Bonchev–Trinajstić information content (AvgIpc) is 3.24. The van der Waals surface area contributed by atoms with E-state index in [1.807, 2.05) is 0 Å². The summed E-state index contributed by atoms with van der Waals surface area (Å²) in [6.45, 7) is -0.475. The Balaban J connectivity index is 0.00000121. The Morgan fingerprint density at radius 3 is 2.77 bits per heavy atom. The molecule has 10 heteroatoms. The second kappa shape index (κ2) is 7.61. The van der Waals surface area contributed by atoms with E-state index in [-0.39, 0.29) is 24.8 Å². The van der Waals surface area contributed by atoms with Gasteiger partial charge in [0.2, 0.25) is 5.91 Å². The zero-order valence-electron chi connectivity index (χ0n) is 13.3. The number of nitrogens with one attached hydrogen (secondary N) is 3. The van der Waals surface area contributed by atoms with Gasteiger partial charge in [0.1, 0.15) is 0 Å². The van der Waals surface area contributed by atoms with E-state index in [1.165, 1.54) is 0 Å². The highest BCUT2D eigenvalue weighted by Gasteiger charge is 2.42. The van der Waals surface area contributed by atoms with Crippen LogP contribution in [0.15, 0.2) is 41.0 Å². The van der Waals surface area contributed by atoms with Gasteiger partial charge in [-0.25, -0.2) is 13.8 Å². The lowest BCUT2D eigenvalue weighted by atomic mass is 10.2. The molecule has 0 spiro atoms. The minimum Gasteiger partial charge on any atom is -0.461 e. The normalized spacial score (nSPS) is 18.2. The number of furan rings is 1. The first-order chi connectivity index (χ1) is 11.5. The van der Waals surface area contributed by atoms with Crippen LogP contribution in [0.4, 0.5) is 14.5 Å². The molecule has 0 saturated carbocycles. The predicted molar refractivity (Wildman–Crippen MR) is 98.3 cm³/mol. The first kappa shape index (κ1) is 20.2. The molecular formula is C16H16Cl2F2N4O2. The fourth-order valence-corrected chi connectivity index (χ4v) is 2.75. The largest absolute Gasteiger partial charge is 0.461 e. The fourth-order valence-electron chi connectivity index (χ4n) is 2.75. The number of amides is 1. The van der Waals surface area contributed by atoms with Crippen molar-refractivity contribution in [3.63, 3.8) is 0 Å². The zero-order chi connectivity index (χ0) is 16.7. The van der Waals surface area contributed by atoms with Gasteiger partial charge in [-0.1, -0.05) is 0 Å². The predicted octanol–water partition coefficient (Wildman–Crippen LogP) is 3.60. The zero-order valence-corrected chi connectivity index (χ0v) is 14.9. The van der Waals surface area contributed by atoms with E-state index in [2.05, 4.69) is 20.6 Å². The van der Waals surface area contributed by atoms with Crippen LogP contribution < -0.4 is 10.6 Å². The molecule has 26 heavy (non-hydrogen) atoms. The average molecular weight is 405 g/mol. The molecule has 1 unspecified atom stereocenters. The van der Waals surface area contributed by atoms with Crippen molar-refractivity contribution in [1.82, 2.24) is 15.3 Å². The van der Waals surface area contributed by atoms with Gasteiger partial charge in [-0.15, -0.1) is 24.8 Å². The van der Waals surface area contributed by atoms with Crippen LogP contribution in [0, 0.1) is 0 Å². The molecule has 0 radical (unpaired) electrons. The van der Waals surface area contributed by atoms with Crippen LogP contribution in [-0.4, -0.2) is 34.4 Å². The van der Waals surface area contributed by atoms with Crippen LogP contribution in [-0.2, 0) is 4.79 Å². The fraction of sp³-hybridized carbons (Fsp3) is 0.250. The van der Waals surface area contributed by atoms with Crippen LogP contribution in [0.5, 0.6) is 0 Å². The van der Waals surface area contributed by atoms with Crippen LogP contribution in [0.25, 0.3) is 22.6 Å². The molecule has 1 aliphatic rings. The molecule has 1 fully saturated rings. The van der Waals surface area contributed by atoms with Crippen LogP contribution in [0.3, 0.4) is 0 Å². The Kier molecular flexibility index (Phi) is 5.90. The van der Waals surface area contributed by atoms with Gasteiger partial charge >= 0.3 is 0 Å². The Morgan fingerprint density at radius 2 is 2.12 bits per heavy atom. The van der Waals surface area contributed by atoms with E-state index in [0.717, 1.165) is 0 Å². The Morgan fingerprint density at radius 1 is 1.31 bits per heavy atom. The van der Waals surface area contributed by atoms with Crippen molar-refractivity contribution in [3.05, 3.63) is 36.6 Å². The summed E-state index contributed by atoms with van der Waals surface area (Å²) < 4.78 is 31.6. The summed E-state index contributed by atoms with van der Waals surface area (Å²) in [6, 6.07) is 7.78. The highest BCUT2D eigenvalue weighted by Crippen LogP contribution is 2.27. The number of hydrogen-bond donors (Lipinski definition) is 3. The number of aromatic nitrogens is 2. The monoisotopic (exact) mass is 404 g/mol. The topological polar surface area (TPSA) is 83.0 Å². The SMILES string of the molecule is Cl.Cl.O=C(Nc1ccc2nc(-c3ccco3)[nH]c2c1)C1CC(F)(F)CN1. The summed E-state index contributed by atoms with van der Waals surface area (Å²) in [5, 5.41) is 5.18. The standard InChI is InChI=1S/C16H14F2N4O2.2ClH/c17-16(18)7-12(19-8-16)15(23)20-9-3-4-10-11(6-9)22-14(21-10)13-2-1-5-24-13;;/h1-6,12,19H,7-8H2,(H,20,23)(H,21,22);2*1H. The second-order valence-corrected chi connectivity index (χ2v) is 5.78. The number of H-pyrrole nitrogens is 1. The van der Waals surface area contributed by atoms with Gasteiger partial charge < -0.3 is 14.7 Å². The maximum Gasteiger partial charge on any atom is 0.262 e. The van der Waals surface area contributed by atoms with Crippen molar-refractivity contribution in [2.75, 3.05) is 11.9 Å². The molecule has 6 nitrogen and oxygen atoms in total. The molecule has 1 aliphatic heterocycles. The van der Waals surface area contributed by atoms with Crippen molar-refractivity contribution in [1.29, 1.82) is 0 Å². The number of benzene rings is 1. The lowest BCUT2D eigenvalue weighted by Gasteiger charge is -2.11. The van der Waals surface area contributed by atoms with E-state index in [1.54, 1.807) is 36.6 Å². The lowest BCUT2D eigenvalue weighted by Crippen LogP contribution is -2.35. The van der Waals surface area contributed by atoms with Crippen molar-refractivity contribution >= 4 is 47.4 Å². The van der Waals surface area contributed by atoms with E-state index >= 15 is 0 Å². The number of anilines is 1. The Bertz CT molecular complexity index is 899. The van der Waals surface area contributed by atoms with Crippen molar-refractivity contribution in [3.8, 4) is 11.6 Å². The van der Waals surface area contributed by atoms with Gasteiger partial charge in [0.25, 0.3) is 5.92 Å². The minimum atomic E-state index is -2.84. The van der Waals surface area contributed by atoms with Gasteiger partial charge in [0.05, 0.1) is 29.9 Å².